The zero-order chi connectivity index (χ0) is 21.6. The van der Waals surface area contributed by atoms with E-state index in [-0.39, 0.29) is 24.4 Å². The van der Waals surface area contributed by atoms with Gasteiger partial charge in [-0.2, -0.15) is 0 Å². The summed E-state index contributed by atoms with van der Waals surface area (Å²) in [5.74, 6) is 0.0768. The second-order valence-corrected chi connectivity index (χ2v) is 8.38. The van der Waals surface area contributed by atoms with Crippen LogP contribution in [0.2, 0.25) is 0 Å². The van der Waals surface area contributed by atoms with Gasteiger partial charge >= 0.3 is 0 Å². The van der Waals surface area contributed by atoms with E-state index in [1.54, 1.807) is 6.92 Å². The molecule has 2 unspecified atom stereocenters. The molecule has 0 heterocycles. The summed E-state index contributed by atoms with van der Waals surface area (Å²) in [5, 5.41) is 0. The highest BCUT2D eigenvalue weighted by Gasteiger charge is 2.40. The molecule has 3 aromatic carbocycles. The fourth-order valence-electron chi connectivity index (χ4n) is 4.38. The Balaban J connectivity index is 0.00000341. The molecule has 3 rings (SSSR count). The number of carbonyl (C=O) groups excluding carboxylic acids is 1. The van der Waals surface area contributed by atoms with E-state index in [2.05, 4.69) is 91.5 Å². The van der Waals surface area contributed by atoms with Gasteiger partial charge in [0.1, 0.15) is 0 Å². The van der Waals surface area contributed by atoms with Gasteiger partial charge in [0, 0.05) is 13.5 Å². The monoisotopic (exact) mass is 436 g/mol. The molecule has 164 valence electrons. The Labute approximate surface area is 193 Å². The van der Waals surface area contributed by atoms with Gasteiger partial charge in [-0.25, -0.2) is 0 Å². The summed E-state index contributed by atoms with van der Waals surface area (Å²) < 4.78 is 0. The minimum atomic E-state index is -0.495. The molecule has 4 heteroatoms. The Bertz CT molecular complexity index is 931. The summed E-state index contributed by atoms with van der Waals surface area (Å²) in [6.07, 6.45) is 0.744. The van der Waals surface area contributed by atoms with Gasteiger partial charge in [0.15, 0.2) is 0 Å². The average molecular weight is 437 g/mol. The maximum absolute atomic E-state index is 13.3. The Kier molecular flexibility index (Phi) is 8.85. The van der Waals surface area contributed by atoms with Crippen molar-refractivity contribution in [2.45, 2.75) is 31.8 Å². The van der Waals surface area contributed by atoms with E-state index in [4.69, 9.17) is 0 Å². The van der Waals surface area contributed by atoms with Crippen LogP contribution in [0, 0.1) is 0 Å². The third-order valence-corrected chi connectivity index (χ3v) is 5.69. The Hall–Kier alpha value is -2.62. The lowest BCUT2D eigenvalue weighted by molar-refractivity contribution is -0.139. The van der Waals surface area contributed by atoms with E-state index in [0.717, 1.165) is 24.1 Å². The van der Waals surface area contributed by atoms with Gasteiger partial charge in [0.05, 0.1) is 11.6 Å². The van der Waals surface area contributed by atoms with Gasteiger partial charge in [-0.15, -0.1) is 12.4 Å². The molecular formula is C27H33ClN2O. The van der Waals surface area contributed by atoms with Gasteiger partial charge < -0.3 is 9.80 Å². The fraction of sp³-hybridized carbons (Fsp3) is 0.296. The summed E-state index contributed by atoms with van der Waals surface area (Å²) >= 11 is 0. The number of carbonyl (C=O) groups is 1. The molecular weight excluding hydrogens is 404 g/mol. The van der Waals surface area contributed by atoms with Crippen molar-refractivity contribution in [3.05, 3.63) is 108 Å². The largest absolute Gasteiger partial charge is 0.325 e. The average Bonchev–Trinajstić information content (AvgIpc) is 2.74. The predicted octanol–water partition coefficient (Wildman–Crippen LogP) is 5.72. The summed E-state index contributed by atoms with van der Waals surface area (Å²) in [6, 6.07) is 31.2. The molecule has 0 fully saturated rings. The topological polar surface area (TPSA) is 23.6 Å². The molecule has 0 bridgehead atoms. The van der Waals surface area contributed by atoms with Gasteiger partial charge in [-0.1, -0.05) is 91.0 Å². The van der Waals surface area contributed by atoms with Crippen molar-refractivity contribution >= 4 is 18.3 Å². The fourth-order valence-corrected chi connectivity index (χ4v) is 4.38. The first-order valence-corrected chi connectivity index (χ1v) is 10.5. The van der Waals surface area contributed by atoms with Crippen LogP contribution in [0.15, 0.2) is 91.0 Å². The number of hydrogen-bond acceptors (Lipinski definition) is 2. The quantitative estimate of drug-likeness (QED) is 0.451. The van der Waals surface area contributed by atoms with E-state index in [1.807, 2.05) is 30.3 Å². The molecule has 0 aromatic heterocycles. The Morgan fingerprint density at radius 2 is 1.32 bits per heavy atom. The number of benzene rings is 3. The zero-order valence-corrected chi connectivity index (χ0v) is 19.7. The van der Waals surface area contributed by atoms with Gasteiger partial charge in [-0.3, -0.25) is 4.79 Å². The molecule has 0 aliphatic heterocycles. The van der Waals surface area contributed by atoms with Crippen molar-refractivity contribution in [3.8, 4) is 0 Å². The van der Waals surface area contributed by atoms with Crippen molar-refractivity contribution in [3.63, 3.8) is 0 Å². The lowest BCUT2D eigenvalue weighted by Crippen LogP contribution is -2.52. The summed E-state index contributed by atoms with van der Waals surface area (Å²) in [5.41, 5.74) is 3.01. The van der Waals surface area contributed by atoms with Crippen LogP contribution < -0.4 is 0 Å². The van der Waals surface area contributed by atoms with Gasteiger partial charge in [0.2, 0.25) is 5.91 Å². The maximum atomic E-state index is 13.3. The van der Waals surface area contributed by atoms with Gasteiger partial charge in [-0.05, 0) is 44.1 Å². The van der Waals surface area contributed by atoms with Crippen LogP contribution in [0.4, 0.5) is 0 Å². The number of hydrogen-bond donors (Lipinski definition) is 0. The van der Waals surface area contributed by atoms with Crippen molar-refractivity contribution in [2.75, 3.05) is 20.6 Å². The Morgan fingerprint density at radius 1 is 0.839 bits per heavy atom. The minimum Gasteiger partial charge on any atom is -0.325 e. The highest BCUT2D eigenvalue weighted by atomic mass is 35.5. The zero-order valence-electron chi connectivity index (χ0n) is 18.9. The summed E-state index contributed by atoms with van der Waals surface area (Å²) in [7, 11) is 4.12. The number of likely N-dealkylation sites (N-methyl/N-ethyl adjacent to an activating group) is 1. The smallest absolute Gasteiger partial charge is 0.220 e. The van der Waals surface area contributed by atoms with Crippen LogP contribution in [-0.4, -0.2) is 36.3 Å². The molecule has 0 spiro atoms. The first-order chi connectivity index (χ1) is 14.4. The van der Waals surface area contributed by atoms with Crippen LogP contribution in [0.1, 0.15) is 36.6 Å². The van der Waals surface area contributed by atoms with E-state index in [1.165, 1.54) is 5.56 Å². The van der Waals surface area contributed by atoms with Crippen LogP contribution in [0.5, 0.6) is 0 Å². The van der Waals surface area contributed by atoms with E-state index in [0.29, 0.717) is 0 Å². The first-order valence-electron chi connectivity index (χ1n) is 10.5. The van der Waals surface area contributed by atoms with Crippen LogP contribution in [0.25, 0.3) is 0 Å². The van der Waals surface area contributed by atoms with Crippen LogP contribution in [0.3, 0.4) is 0 Å². The van der Waals surface area contributed by atoms with Crippen molar-refractivity contribution < 1.29 is 4.79 Å². The molecule has 0 radical (unpaired) electrons. The molecule has 0 saturated carbocycles. The molecule has 3 aromatic rings. The minimum absolute atomic E-state index is 0. The van der Waals surface area contributed by atoms with E-state index in [9.17, 15) is 4.79 Å². The van der Waals surface area contributed by atoms with Crippen molar-refractivity contribution in [1.82, 2.24) is 9.80 Å². The lowest BCUT2D eigenvalue weighted by atomic mass is 9.81. The summed E-state index contributed by atoms with van der Waals surface area (Å²) in [4.78, 5) is 17.5. The normalized spacial score (nSPS) is 13.7. The highest BCUT2D eigenvalue weighted by molar-refractivity contribution is 5.85. The number of amides is 1. The number of rotatable bonds is 8. The predicted molar refractivity (Wildman–Crippen MR) is 131 cm³/mol. The molecule has 0 saturated heterocycles. The number of halogens is 1. The molecule has 1 amide bonds. The number of nitrogens with zero attached hydrogens (tertiary/aromatic N) is 2. The molecule has 2 atom stereocenters. The standard InChI is InChI=1S/C27H32N2O.ClH/c1-22(30)29(26(21-28(3)4)24-16-10-6-11-17-24)27(2,25-18-12-7-13-19-25)20-23-14-8-5-9-15-23;/h5-19,26H,20-21H2,1-4H3;1H. The van der Waals surface area contributed by atoms with Gasteiger partial charge in [0.25, 0.3) is 0 Å². The molecule has 0 aliphatic carbocycles. The Morgan fingerprint density at radius 3 is 1.81 bits per heavy atom. The lowest BCUT2D eigenvalue weighted by Gasteiger charge is -2.47. The second kappa shape index (κ2) is 11.1. The molecule has 0 N–H and O–H groups in total. The first kappa shape index (κ1) is 24.6. The van der Waals surface area contributed by atoms with Crippen LogP contribution in [-0.2, 0) is 16.8 Å². The molecule has 31 heavy (non-hydrogen) atoms. The third kappa shape index (κ3) is 5.96. The third-order valence-electron chi connectivity index (χ3n) is 5.69. The maximum Gasteiger partial charge on any atom is 0.220 e. The SMILES string of the molecule is CC(=O)N(C(CN(C)C)c1ccccc1)C(C)(Cc1ccccc1)c1ccccc1.Cl. The molecule has 0 aliphatic rings. The van der Waals surface area contributed by atoms with Crippen LogP contribution >= 0.6 is 12.4 Å². The second-order valence-electron chi connectivity index (χ2n) is 8.38. The van der Waals surface area contributed by atoms with Crippen molar-refractivity contribution in [2.24, 2.45) is 0 Å². The van der Waals surface area contributed by atoms with E-state index < -0.39 is 5.54 Å². The summed E-state index contributed by atoms with van der Waals surface area (Å²) in [6.45, 7) is 4.64. The molecule has 3 nitrogen and oxygen atoms in total. The van der Waals surface area contributed by atoms with E-state index >= 15 is 0 Å². The highest BCUT2D eigenvalue weighted by Crippen LogP contribution is 2.39. The van der Waals surface area contributed by atoms with Crippen molar-refractivity contribution in [1.29, 1.82) is 0 Å².